The van der Waals surface area contributed by atoms with Crippen LogP contribution in [0.25, 0.3) is 10.2 Å². The molecular weight excluding hydrogens is 402 g/mol. The van der Waals surface area contributed by atoms with Gasteiger partial charge in [-0.3, -0.25) is 4.72 Å². The highest BCUT2D eigenvalue weighted by atomic mass is 32.2. The smallest absolute Gasteiger partial charge is 0.263 e. The van der Waals surface area contributed by atoms with Crippen LogP contribution in [0, 0.1) is 13.8 Å². The van der Waals surface area contributed by atoms with E-state index in [2.05, 4.69) is 31.9 Å². The maximum atomic E-state index is 12.4. The summed E-state index contributed by atoms with van der Waals surface area (Å²) in [7, 11) is -3.66. The van der Waals surface area contributed by atoms with Crippen LogP contribution in [0.2, 0.25) is 0 Å². The Morgan fingerprint density at radius 2 is 1.81 bits per heavy atom. The first kappa shape index (κ1) is 17.8. The average Bonchev–Trinajstić information content (AvgIpc) is 3.24. The van der Waals surface area contributed by atoms with Crippen LogP contribution < -0.4 is 10.0 Å². The topological polar surface area (TPSA) is 96.9 Å². The third-order valence-electron chi connectivity index (χ3n) is 4.05. The predicted molar refractivity (Wildman–Crippen MR) is 110 cm³/mol. The van der Waals surface area contributed by atoms with E-state index in [0.29, 0.717) is 10.9 Å². The molecule has 0 unspecified atom stereocenters. The quantitative estimate of drug-likeness (QED) is 0.502. The minimum absolute atomic E-state index is 0.165. The second-order valence-electron chi connectivity index (χ2n) is 5.78. The molecule has 3 heterocycles. The second kappa shape index (κ2) is 6.87. The Bertz CT molecular complexity index is 1200. The number of rotatable bonds is 5. The number of benzene rings is 1. The highest BCUT2D eigenvalue weighted by molar-refractivity contribution is 7.93. The number of thiophene rings is 1. The third-order valence-corrected chi connectivity index (χ3v) is 7.33. The summed E-state index contributed by atoms with van der Waals surface area (Å²) >= 11 is 2.85. The largest absolute Gasteiger partial charge is 0.340 e. The first-order valence-corrected chi connectivity index (χ1v) is 11.1. The third kappa shape index (κ3) is 3.51. The lowest BCUT2D eigenvalue weighted by molar-refractivity contribution is 0.601. The van der Waals surface area contributed by atoms with Crippen molar-refractivity contribution in [1.82, 2.24) is 15.0 Å². The Balaban J connectivity index is 1.60. The van der Waals surface area contributed by atoms with Crippen molar-refractivity contribution in [3.05, 3.63) is 52.6 Å². The molecule has 0 bridgehead atoms. The lowest BCUT2D eigenvalue weighted by atomic mass is 10.2. The van der Waals surface area contributed by atoms with Gasteiger partial charge in [0.15, 0.2) is 5.13 Å². The van der Waals surface area contributed by atoms with E-state index < -0.39 is 10.0 Å². The molecular formula is C17H15N5O2S3. The molecule has 0 spiro atoms. The number of sulfonamides is 1. The predicted octanol–water partition coefficient (Wildman–Crippen LogP) is 4.31. The Labute approximate surface area is 164 Å². The van der Waals surface area contributed by atoms with E-state index in [1.165, 1.54) is 22.5 Å². The highest BCUT2D eigenvalue weighted by Crippen LogP contribution is 2.33. The molecule has 3 aromatic heterocycles. The van der Waals surface area contributed by atoms with Crippen LogP contribution in [-0.4, -0.2) is 23.4 Å². The van der Waals surface area contributed by atoms with Gasteiger partial charge < -0.3 is 5.32 Å². The van der Waals surface area contributed by atoms with Crippen LogP contribution in [-0.2, 0) is 10.0 Å². The van der Waals surface area contributed by atoms with Gasteiger partial charge in [-0.05, 0) is 43.7 Å². The van der Waals surface area contributed by atoms with Crippen molar-refractivity contribution < 1.29 is 8.42 Å². The number of nitrogens with one attached hydrogen (secondary N) is 2. The van der Waals surface area contributed by atoms with Crippen LogP contribution in [0.4, 0.5) is 16.6 Å². The molecule has 4 aromatic rings. The minimum atomic E-state index is -3.66. The first-order valence-electron chi connectivity index (χ1n) is 7.94. The van der Waals surface area contributed by atoms with E-state index >= 15 is 0 Å². The number of fused-ring (bicyclic) bond motifs is 1. The van der Waals surface area contributed by atoms with Crippen molar-refractivity contribution in [2.45, 2.75) is 18.7 Å². The van der Waals surface area contributed by atoms with E-state index in [1.54, 1.807) is 47.2 Å². The van der Waals surface area contributed by atoms with Gasteiger partial charge in [0.1, 0.15) is 17.0 Å². The number of aromatic nitrogens is 3. The van der Waals surface area contributed by atoms with Gasteiger partial charge in [0, 0.05) is 22.1 Å². The maximum absolute atomic E-state index is 12.4. The molecule has 0 radical (unpaired) electrons. The maximum Gasteiger partial charge on any atom is 0.263 e. The summed E-state index contributed by atoms with van der Waals surface area (Å²) in [5.74, 6) is 0.707. The molecule has 2 N–H and O–H groups in total. The van der Waals surface area contributed by atoms with Gasteiger partial charge in [0.25, 0.3) is 10.0 Å². The van der Waals surface area contributed by atoms with Gasteiger partial charge in [-0.25, -0.2) is 23.4 Å². The summed E-state index contributed by atoms with van der Waals surface area (Å²) in [6.07, 6.45) is 3.07. The first-order chi connectivity index (χ1) is 12.9. The lowest BCUT2D eigenvalue weighted by Crippen LogP contribution is -2.12. The Morgan fingerprint density at radius 3 is 2.52 bits per heavy atom. The molecule has 0 atom stereocenters. The number of hydrogen-bond acceptors (Lipinski definition) is 8. The van der Waals surface area contributed by atoms with Gasteiger partial charge in [-0.1, -0.05) is 0 Å². The number of aryl methyl sites for hydroxylation is 2. The van der Waals surface area contributed by atoms with Crippen molar-refractivity contribution >= 4 is 59.6 Å². The van der Waals surface area contributed by atoms with Gasteiger partial charge in [0.05, 0.1) is 10.3 Å². The molecule has 138 valence electrons. The Morgan fingerprint density at radius 1 is 1.04 bits per heavy atom. The van der Waals surface area contributed by atoms with Crippen molar-refractivity contribution in [2.24, 2.45) is 0 Å². The summed E-state index contributed by atoms with van der Waals surface area (Å²) < 4.78 is 27.3. The van der Waals surface area contributed by atoms with Crippen molar-refractivity contribution in [3.8, 4) is 0 Å². The monoisotopic (exact) mass is 417 g/mol. The molecule has 10 heteroatoms. The zero-order chi connectivity index (χ0) is 19.0. The van der Waals surface area contributed by atoms with E-state index in [1.807, 2.05) is 6.92 Å². The van der Waals surface area contributed by atoms with E-state index in [9.17, 15) is 8.42 Å². The molecule has 7 nitrogen and oxygen atoms in total. The zero-order valence-electron chi connectivity index (χ0n) is 14.4. The summed E-state index contributed by atoms with van der Waals surface area (Å²) in [5.41, 5.74) is 1.89. The number of thiazole rings is 1. The van der Waals surface area contributed by atoms with Crippen LogP contribution in [0.3, 0.4) is 0 Å². The molecule has 0 aliphatic heterocycles. The van der Waals surface area contributed by atoms with Crippen molar-refractivity contribution in [3.63, 3.8) is 0 Å². The summed E-state index contributed by atoms with van der Waals surface area (Å²) in [4.78, 5) is 14.9. The number of anilines is 3. The Hall–Kier alpha value is -2.56. The van der Waals surface area contributed by atoms with E-state index in [4.69, 9.17) is 0 Å². The van der Waals surface area contributed by atoms with E-state index in [-0.39, 0.29) is 4.90 Å². The average molecular weight is 418 g/mol. The molecule has 0 aliphatic rings. The fourth-order valence-electron chi connectivity index (χ4n) is 2.58. The van der Waals surface area contributed by atoms with Crippen LogP contribution >= 0.6 is 22.7 Å². The minimum Gasteiger partial charge on any atom is -0.340 e. The number of nitrogens with zero attached hydrogens (tertiary/aromatic N) is 3. The molecule has 0 saturated carbocycles. The van der Waals surface area contributed by atoms with Crippen LogP contribution in [0.15, 0.2) is 47.1 Å². The summed E-state index contributed by atoms with van der Waals surface area (Å²) in [6.45, 7) is 4.10. The second-order valence-corrected chi connectivity index (χ2v) is 9.56. The van der Waals surface area contributed by atoms with Gasteiger partial charge >= 0.3 is 0 Å². The fourth-order valence-corrected chi connectivity index (χ4v) is 5.36. The van der Waals surface area contributed by atoms with Crippen LogP contribution in [0.5, 0.6) is 0 Å². The molecule has 4 rings (SSSR count). The molecule has 1 aromatic carbocycles. The highest BCUT2D eigenvalue weighted by Gasteiger charge is 2.16. The normalized spacial score (nSPS) is 11.6. The van der Waals surface area contributed by atoms with Crippen molar-refractivity contribution in [1.29, 1.82) is 0 Å². The molecule has 0 fully saturated rings. The number of hydrogen-bond donors (Lipinski definition) is 2. The van der Waals surface area contributed by atoms with Crippen molar-refractivity contribution in [2.75, 3.05) is 10.0 Å². The fraction of sp³-hybridized carbons (Fsp3) is 0.118. The van der Waals surface area contributed by atoms with Gasteiger partial charge in [-0.15, -0.1) is 22.7 Å². The van der Waals surface area contributed by atoms with E-state index in [0.717, 1.165) is 21.5 Å². The van der Waals surface area contributed by atoms with Gasteiger partial charge in [0.2, 0.25) is 0 Å². The standard InChI is InChI=1S/C17H15N5O2S3/c1-10-11(2)26-16-14(10)15(19-9-20-16)21-12-3-5-13(6-4-12)27(23,24)22-17-18-7-8-25-17/h3-9H,1-2H3,(H,18,22)(H,19,20,21). The van der Waals surface area contributed by atoms with Gasteiger partial charge in [-0.2, -0.15) is 0 Å². The molecule has 0 amide bonds. The summed E-state index contributed by atoms with van der Waals surface area (Å²) in [5, 5.41) is 6.29. The Kier molecular flexibility index (Phi) is 4.54. The van der Waals surface area contributed by atoms with Crippen LogP contribution in [0.1, 0.15) is 10.4 Å². The molecule has 27 heavy (non-hydrogen) atoms. The molecule has 0 saturated heterocycles. The summed E-state index contributed by atoms with van der Waals surface area (Å²) in [6, 6.07) is 6.50. The lowest BCUT2D eigenvalue weighted by Gasteiger charge is -2.09. The zero-order valence-corrected chi connectivity index (χ0v) is 16.9. The molecule has 0 aliphatic carbocycles. The SMILES string of the molecule is Cc1sc2ncnc(Nc3ccc(S(=O)(=O)Nc4nccs4)cc3)c2c1C.